The summed E-state index contributed by atoms with van der Waals surface area (Å²) in [5.74, 6) is 1.46. The SMILES string of the molecule is CC(COc1cc(Cl)ccc1C1CCN(C(=O)[C@@H](Cc2ccc(Cl)cc2Cl)N2CCCC2)CC1)N1CCCC1. The number of benzene rings is 2. The summed E-state index contributed by atoms with van der Waals surface area (Å²) in [5, 5.41) is 1.95. The van der Waals surface area contributed by atoms with Crippen LogP contribution < -0.4 is 4.74 Å². The third-order valence-electron chi connectivity index (χ3n) is 8.76. The van der Waals surface area contributed by atoms with E-state index < -0.39 is 0 Å². The van der Waals surface area contributed by atoms with Crippen LogP contribution in [0.25, 0.3) is 0 Å². The maximum absolute atomic E-state index is 13.9. The molecule has 5 nitrogen and oxygen atoms in total. The Bertz CT molecular complexity index is 1130. The van der Waals surface area contributed by atoms with Crippen molar-refractivity contribution in [2.45, 2.75) is 69.9 Å². The van der Waals surface area contributed by atoms with Crippen molar-refractivity contribution in [3.8, 4) is 5.75 Å². The predicted octanol–water partition coefficient (Wildman–Crippen LogP) is 6.92. The van der Waals surface area contributed by atoms with Gasteiger partial charge in [0.1, 0.15) is 12.4 Å². The standard InChI is InChI=1S/C31H40Cl3N3O2/c1-22(35-12-2-3-13-35)21-39-30-20-26(33)8-9-27(30)23-10-16-37(17-11-23)31(38)29(36-14-4-5-15-36)18-24-6-7-25(32)19-28(24)34/h6-9,19-20,22-23,29H,2-5,10-18,21H2,1H3/t22?,29-/m1/s1. The van der Waals surface area contributed by atoms with Crippen molar-refractivity contribution in [2.24, 2.45) is 0 Å². The number of rotatable bonds is 9. The minimum atomic E-state index is -0.191. The Morgan fingerprint density at radius 1 is 0.872 bits per heavy atom. The molecule has 3 saturated heterocycles. The zero-order chi connectivity index (χ0) is 27.4. The van der Waals surface area contributed by atoms with Gasteiger partial charge in [0, 0.05) is 34.2 Å². The first-order valence-electron chi connectivity index (χ1n) is 14.5. The van der Waals surface area contributed by atoms with Crippen LogP contribution in [0, 0.1) is 0 Å². The molecule has 0 radical (unpaired) electrons. The van der Waals surface area contributed by atoms with Gasteiger partial charge in [0.25, 0.3) is 0 Å². The molecule has 3 fully saturated rings. The molecule has 0 spiro atoms. The Labute approximate surface area is 248 Å². The summed E-state index contributed by atoms with van der Waals surface area (Å²) < 4.78 is 6.38. The summed E-state index contributed by atoms with van der Waals surface area (Å²) in [5.41, 5.74) is 2.19. The van der Waals surface area contributed by atoms with E-state index >= 15 is 0 Å². The fourth-order valence-corrected chi connectivity index (χ4v) is 7.06. The van der Waals surface area contributed by atoms with Gasteiger partial charge in [-0.15, -0.1) is 0 Å². The van der Waals surface area contributed by atoms with Crippen LogP contribution in [0.15, 0.2) is 36.4 Å². The molecule has 2 aromatic rings. The zero-order valence-corrected chi connectivity index (χ0v) is 25.2. The second-order valence-corrected chi connectivity index (χ2v) is 12.7. The third-order valence-corrected chi connectivity index (χ3v) is 9.58. The summed E-state index contributed by atoms with van der Waals surface area (Å²) in [4.78, 5) is 20.8. The van der Waals surface area contributed by atoms with E-state index in [1.807, 2.05) is 24.3 Å². The van der Waals surface area contributed by atoms with Crippen LogP contribution in [0.5, 0.6) is 5.75 Å². The summed E-state index contributed by atoms with van der Waals surface area (Å²) in [6.45, 7) is 8.62. The summed E-state index contributed by atoms with van der Waals surface area (Å²) in [6, 6.07) is 11.8. The molecule has 0 bridgehead atoms. The van der Waals surface area contributed by atoms with Crippen molar-refractivity contribution in [1.29, 1.82) is 0 Å². The lowest BCUT2D eigenvalue weighted by molar-refractivity contribution is -0.137. The van der Waals surface area contributed by atoms with Crippen molar-refractivity contribution < 1.29 is 9.53 Å². The molecule has 212 valence electrons. The van der Waals surface area contributed by atoms with Gasteiger partial charge in [-0.3, -0.25) is 14.6 Å². The zero-order valence-electron chi connectivity index (χ0n) is 22.9. The predicted molar refractivity (Wildman–Crippen MR) is 161 cm³/mol. The van der Waals surface area contributed by atoms with Gasteiger partial charge in [-0.2, -0.15) is 0 Å². The van der Waals surface area contributed by atoms with Crippen LogP contribution in [-0.4, -0.2) is 78.6 Å². The van der Waals surface area contributed by atoms with Gasteiger partial charge in [0.2, 0.25) is 5.91 Å². The summed E-state index contributed by atoms with van der Waals surface area (Å²) in [6.07, 6.45) is 7.26. The lowest BCUT2D eigenvalue weighted by Gasteiger charge is -2.37. The fraction of sp³-hybridized carbons (Fsp3) is 0.581. The first-order chi connectivity index (χ1) is 18.9. The highest BCUT2D eigenvalue weighted by Crippen LogP contribution is 2.37. The van der Waals surface area contributed by atoms with E-state index in [2.05, 4.69) is 27.7 Å². The minimum absolute atomic E-state index is 0.191. The van der Waals surface area contributed by atoms with E-state index in [-0.39, 0.29) is 11.9 Å². The van der Waals surface area contributed by atoms with Gasteiger partial charge in [0.05, 0.1) is 6.04 Å². The Kier molecular flexibility index (Phi) is 10.00. The van der Waals surface area contributed by atoms with Crippen LogP contribution in [0.2, 0.25) is 15.1 Å². The molecule has 5 rings (SSSR count). The smallest absolute Gasteiger partial charge is 0.240 e. The monoisotopic (exact) mass is 591 g/mol. The number of amides is 1. The van der Waals surface area contributed by atoms with E-state index in [1.54, 1.807) is 6.07 Å². The second kappa shape index (κ2) is 13.4. The molecule has 1 amide bonds. The van der Waals surface area contributed by atoms with Crippen molar-refractivity contribution in [3.05, 3.63) is 62.6 Å². The van der Waals surface area contributed by atoms with Gasteiger partial charge in [-0.25, -0.2) is 0 Å². The highest BCUT2D eigenvalue weighted by atomic mass is 35.5. The number of hydrogen-bond acceptors (Lipinski definition) is 4. The molecule has 2 atom stereocenters. The highest BCUT2D eigenvalue weighted by Gasteiger charge is 2.34. The Morgan fingerprint density at radius 2 is 1.49 bits per heavy atom. The normalized spacial score (nSPS) is 20.9. The molecule has 3 aliphatic heterocycles. The van der Waals surface area contributed by atoms with E-state index in [1.165, 1.54) is 18.4 Å². The van der Waals surface area contributed by atoms with E-state index in [0.29, 0.717) is 40.1 Å². The van der Waals surface area contributed by atoms with E-state index in [4.69, 9.17) is 39.5 Å². The number of likely N-dealkylation sites (tertiary alicyclic amines) is 3. The second-order valence-electron chi connectivity index (χ2n) is 11.4. The Morgan fingerprint density at radius 3 is 2.15 bits per heavy atom. The number of nitrogens with zero attached hydrogens (tertiary/aromatic N) is 3. The Balaban J connectivity index is 1.23. The van der Waals surface area contributed by atoms with Crippen molar-refractivity contribution in [2.75, 3.05) is 45.9 Å². The van der Waals surface area contributed by atoms with Gasteiger partial charge >= 0.3 is 0 Å². The first kappa shape index (κ1) is 29.0. The molecular formula is C31H40Cl3N3O2. The topological polar surface area (TPSA) is 36.0 Å². The first-order valence-corrected chi connectivity index (χ1v) is 15.7. The molecule has 8 heteroatoms. The van der Waals surface area contributed by atoms with Crippen molar-refractivity contribution in [1.82, 2.24) is 14.7 Å². The summed E-state index contributed by atoms with van der Waals surface area (Å²) in [7, 11) is 0. The molecule has 0 saturated carbocycles. The van der Waals surface area contributed by atoms with Gasteiger partial charge in [-0.05, 0) is 119 Å². The molecule has 3 heterocycles. The average molecular weight is 593 g/mol. The van der Waals surface area contributed by atoms with Crippen LogP contribution in [-0.2, 0) is 11.2 Å². The lowest BCUT2D eigenvalue weighted by atomic mass is 9.88. The number of hydrogen-bond donors (Lipinski definition) is 0. The van der Waals surface area contributed by atoms with Crippen LogP contribution >= 0.6 is 34.8 Å². The minimum Gasteiger partial charge on any atom is -0.492 e. The number of halogens is 3. The van der Waals surface area contributed by atoms with Gasteiger partial charge < -0.3 is 9.64 Å². The molecule has 39 heavy (non-hydrogen) atoms. The van der Waals surface area contributed by atoms with Crippen molar-refractivity contribution in [3.63, 3.8) is 0 Å². The quantitative estimate of drug-likeness (QED) is 0.317. The molecule has 0 aliphatic carbocycles. The van der Waals surface area contributed by atoms with Crippen LogP contribution in [0.4, 0.5) is 0 Å². The molecular weight excluding hydrogens is 553 g/mol. The number of carbonyl (C=O) groups excluding carboxylic acids is 1. The number of ether oxygens (including phenoxy) is 1. The van der Waals surface area contributed by atoms with E-state index in [9.17, 15) is 4.79 Å². The molecule has 0 N–H and O–H groups in total. The van der Waals surface area contributed by atoms with Crippen LogP contribution in [0.1, 0.15) is 62.5 Å². The third kappa shape index (κ3) is 7.23. The number of piperidine rings is 1. The van der Waals surface area contributed by atoms with Gasteiger partial charge in [-0.1, -0.05) is 46.9 Å². The molecule has 0 aromatic heterocycles. The maximum Gasteiger partial charge on any atom is 0.240 e. The Hall–Kier alpha value is -1.50. The average Bonchev–Trinajstić information content (AvgIpc) is 3.66. The molecule has 2 aromatic carbocycles. The molecule has 1 unspecified atom stereocenters. The maximum atomic E-state index is 13.9. The van der Waals surface area contributed by atoms with E-state index in [0.717, 1.165) is 76.3 Å². The highest BCUT2D eigenvalue weighted by molar-refractivity contribution is 6.35. The van der Waals surface area contributed by atoms with Crippen molar-refractivity contribution >= 4 is 40.7 Å². The largest absolute Gasteiger partial charge is 0.492 e. The van der Waals surface area contributed by atoms with Crippen LogP contribution in [0.3, 0.4) is 0 Å². The lowest BCUT2D eigenvalue weighted by Crippen LogP contribution is -2.51. The summed E-state index contributed by atoms with van der Waals surface area (Å²) >= 11 is 19.0. The van der Waals surface area contributed by atoms with Gasteiger partial charge in [0.15, 0.2) is 0 Å². The molecule has 3 aliphatic rings. The fourth-order valence-electron chi connectivity index (χ4n) is 6.41. The number of carbonyl (C=O) groups is 1.